The van der Waals surface area contributed by atoms with Gasteiger partial charge in [-0.05, 0) is 47.5 Å². The second kappa shape index (κ2) is 6.43. The van der Waals surface area contributed by atoms with E-state index in [2.05, 4.69) is 19.3 Å². The number of carboxylic acid groups (broad SMARTS) is 1. The van der Waals surface area contributed by atoms with Crippen molar-refractivity contribution < 1.29 is 14.7 Å². The molecule has 0 saturated carbocycles. The summed E-state index contributed by atoms with van der Waals surface area (Å²) in [6.07, 6.45) is 3.24. The minimum absolute atomic E-state index is 0.273. The van der Waals surface area contributed by atoms with Crippen LogP contribution in [0.2, 0.25) is 0 Å². The first-order chi connectivity index (χ1) is 9.12. The Morgan fingerprint density at radius 1 is 1.25 bits per heavy atom. The van der Waals surface area contributed by atoms with Crippen LogP contribution in [0, 0.1) is 0 Å². The number of carbonyl (C=O) groups is 2. The highest BCUT2D eigenvalue weighted by Gasteiger charge is 2.32. The summed E-state index contributed by atoms with van der Waals surface area (Å²) in [6, 6.07) is 0.198. The minimum atomic E-state index is -1.00. The van der Waals surface area contributed by atoms with Gasteiger partial charge in [0.15, 0.2) is 0 Å². The van der Waals surface area contributed by atoms with Gasteiger partial charge in [0.05, 0.1) is 0 Å². The molecule has 2 atom stereocenters. The van der Waals surface area contributed by atoms with E-state index in [9.17, 15) is 9.59 Å². The van der Waals surface area contributed by atoms with Crippen molar-refractivity contribution in [3.05, 3.63) is 0 Å². The number of carboxylic acids is 1. The fourth-order valence-corrected chi connectivity index (χ4v) is 2.56. The molecule has 116 valence electrons. The van der Waals surface area contributed by atoms with Gasteiger partial charge in [0.25, 0.3) is 0 Å². The number of nitrogens with one attached hydrogen (secondary N) is 1. The molecule has 6 nitrogen and oxygen atoms in total. The zero-order chi connectivity index (χ0) is 15.5. The average Bonchev–Trinajstić information content (AvgIpc) is 2.29. The zero-order valence-electron chi connectivity index (χ0n) is 13.1. The van der Waals surface area contributed by atoms with E-state index in [0.29, 0.717) is 0 Å². The van der Waals surface area contributed by atoms with Crippen LogP contribution in [0.4, 0.5) is 4.79 Å². The van der Waals surface area contributed by atoms with Crippen molar-refractivity contribution >= 4 is 12.0 Å². The van der Waals surface area contributed by atoms with Gasteiger partial charge in [-0.3, -0.25) is 10.2 Å². The number of nitrogens with zero attached hydrogens (tertiary/aromatic N) is 2. The van der Waals surface area contributed by atoms with Crippen LogP contribution in [-0.4, -0.2) is 51.2 Å². The highest BCUT2D eigenvalue weighted by molar-refractivity contribution is 5.80. The second-order valence-corrected chi connectivity index (χ2v) is 6.60. The smallest absolute Gasteiger partial charge is 0.332 e. The van der Waals surface area contributed by atoms with E-state index >= 15 is 0 Å². The molecule has 1 aliphatic rings. The number of carbonyl (C=O) groups excluding carboxylic acids is 1. The molecule has 0 aromatic rings. The van der Waals surface area contributed by atoms with Crippen molar-refractivity contribution in [2.24, 2.45) is 0 Å². The largest absolute Gasteiger partial charge is 0.480 e. The Labute approximate surface area is 121 Å². The molecule has 2 N–H and O–H groups in total. The first-order valence-electron chi connectivity index (χ1n) is 7.21. The van der Waals surface area contributed by atoms with Crippen LogP contribution >= 0.6 is 0 Å². The molecule has 20 heavy (non-hydrogen) atoms. The molecule has 0 aromatic carbocycles. The van der Waals surface area contributed by atoms with Crippen LogP contribution in [-0.2, 0) is 4.79 Å². The molecule has 1 fully saturated rings. The normalized spacial score (nSPS) is 24.2. The third kappa shape index (κ3) is 4.37. The maximum Gasteiger partial charge on any atom is 0.332 e. The van der Waals surface area contributed by atoms with Gasteiger partial charge in [-0.2, -0.15) is 0 Å². The molecule has 0 spiro atoms. The van der Waals surface area contributed by atoms with Gasteiger partial charge in [0.2, 0.25) is 0 Å². The molecule has 0 aliphatic carbocycles. The molecule has 2 unspecified atom stereocenters. The monoisotopic (exact) mass is 285 g/mol. The summed E-state index contributed by atoms with van der Waals surface area (Å²) in [6.45, 7) is 9.35. The van der Waals surface area contributed by atoms with E-state index in [1.807, 2.05) is 25.8 Å². The zero-order valence-corrected chi connectivity index (χ0v) is 13.1. The molecule has 2 amide bonds. The first kappa shape index (κ1) is 16.8. The lowest BCUT2D eigenvalue weighted by molar-refractivity contribution is -0.138. The fraction of sp³-hybridized carbons (Fsp3) is 0.857. The van der Waals surface area contributed by atoms with E-state index in [1.165, 1.54) is 4.90 Å². The van der Waals surface area contributed by atoms with Crippen molar-refractivity contribution in [3.63, 3.8) is 0 Å². The molecule has 0 aromatic heterocycles. The Hall–Kier alpha value is -1.30. The van der Waals surface area contributed by atoms with Crippen molar-refractivity contribution in [2.45, 2.75) is 71.5 Å². The molecule has 0 radical (unpaired) electrons. The second-order valence-electron chi connectivity index (χ2n) is 6.60. The van der Waals surface area contributed by atoms with Gasteiger partial charge in [-0.1, -0.05) is 6.42 Å². The number of hydrogen-bond donors (Lipinski definition) is 2. The van der Waals surface area contributed by atoms with Crippen LogP contribution in [0.25, 0.3) is 0 Å². The average molecular weight is 285 g/mol. The molecular formula is C14H27N3O3. The molecule has 1 aliphatic heterocycles. The van der Waals surface area contributed by atoms with Crippen molar-refractivity contribution in [2.75, 3.05) is 6.54 Å². The predicted molar refractivity (Wildman–Crippen MR) is 77.2 cm³/mol. The molecule has 1 saturated heterocycles. The first-order valence-corrected chi connectivity index (χ1v) is 7.21. The van der Waals surface area contributed by atoms with E-state index in [1.54, 1.807) is 0 Å². The van der Waals surface area contributed by atoms with Crippen LogP contribution < -0.4 is 5.43 Å². The highest BCUT2D eigenvalue weighted by Crippen LogP contribution is 2.21. The lowest BCUT2D eigenvalue weighted by atomic mass is 10.00. The highest BCUT2D eigenvalue weighted by atomic mass is 16.4. The number of hydrazine groups is 1. The van der Waals surface area contributed by atoms with Gasteiger partial charge < -0.3 is 10.0 Å². The van der Waals surface area contributed by atoms with Gasteiger partial charge in [0.1, 0.15) is 6.54 Å². The molecular weight excluding hydrogens is 258 g/mol. The Bertz CT molecular complexity index is 355. The van der Waals surface area contributed by atoms with Crippen LogP contribution in [0.5, 0.6) is 0 Å². The predicted octanol–water partition coefficient (Wildman–Crippen LogP) is 2.06. The number of aliphatic carboxylic acids is 1. The van der Waals surface area contributed by atoms with Gasteiger partial charge >= 0.3 is 12.0 Å². The van der Waals surface area contributed by atoms with E-state index in [-0.39, 0.29) is 24.7 Å². The summed E-state index contributed by atoms with van der Waals surface area (Å²) in [5.74, 6) is -1.00. The van der Waals surface area contributed by atoms with E-state index in [4.69, 9.17) is 5.11 Å². The van der Waals surface area contributed by atoms with Crippen LogP contribution in [0.1, 0.15) is 53.9 Å². The fourth-order valence-electron chi connectivity index (χ4n) is 2.56. The minimum Gasteiger partial charge on any atom is -0.480 e. The van der Waals surface area contributed by atoms with Crippen molar-refractivity contribution in [1.82, 2.24) is 15.3 Å². The number of hydrogen-bond acceptors (Lipinski definition) is 3. The van der Waals surface area contributed by atoms with Crippen molar-refractivity contribution in [1.29, 1.82) is 0 Å². The number of urea groups is 1. The molecule has 1 heterocycles. The Balaban J connectivity index is 2.77. The summed E-state index contributed by atoms with van der Waals surface area (Å²) in [5.41, 5.74) is 2.35. The number of amides is 2. The summed E-state index contributed by atoms with van der Waals surface area (Å²) >= 11 is 0. The Morgan fingerprint density at radius 3 is 2.15 bits per heavy atom. The van der Waals surface area contributed by atoms with Gasteiger partial charge in [-0.25, -0.2) is 9.80 Å². The Morgan fingerprint density at radius 2 is 1.75 bits per heavy atom. The summed E-state index contributed by atoms with van der Waals surface area (Å²) in [4.78, 5) is 24.7. The van der Waals surface area contributed by atoms with Crippen molar-refractivity contribution in [3.8, 4) is 0 Å². The quantitative estimate of drug-likeness (QED) is 0.832. The maximum absolute atomic E-state index is 12.4. The maximum atomic E-state index is 12.4. The van der Waals surface area contributed by atoms with E-state index in [0.717, 1.165) is 19.3 Å². The molecule has 0 bridgehead atoms. The summed E-state index contributed by atoms with van der Waals surface area (Å²) in [5, 5.41) is 10.9. The Kier molecular flexibility index (Phi) is 5.39. The summed E-state index contributed by atoms with van der Waals surface area (Å²) < 4.78 is 0. The molecule has 6 heteroatoms. The lowest BCUT2D eigenvalue weighted by Crippen LogP contribution is -2.60. The van der Waals surface area contributed by atoms with E-state index < -0.39 is 11.5 Å². The topological polar surface area (TPSA) is 72.9 Å². The number of piperidine rings is 1. The standard InChI is InChI=1S/C14H27N3O3/c1-10-7-6-8-11(2)17(10)15-13(20)16(9-12(18)19)14(3,4)5/h10-11H,6-9H2,1-5H3,(H,15,20)(H,18,19). The third-order valence-corrected chi connectivity index (χ3v) is 3.77. The third-order valence-electron chi connectivity index (χ3n) is 3.77. The SMILES string of the molecule is CC1CCCC(C)N1NC(=O)N(CC(=O)O)C(C)(C)C. The lowest BCUT2D eigenvalue weighted by Gasteiger charge is -2.42. The van der Waals surface area contributed by atoms with Crippen LogP contribution in [0.3, 0.4) is 0 Å². The van der Waals surface area contributed by atoms with Gasteiger partial charge in [0, 0.05) is 17.6 Å². The number of rotatable bonds is 3. The molecule has 1 rings (SSSR count). The van der Waals surface area contributed by atoms with Crippen LogP contribution in [0.15, 0.2) is 0 Å². The van der Waals surface area contributed by atoms with Gasteiger partial charge in [-0.15, -0.1) is 0 Å². The summed E-state index contributed by atoms with van der Waals surface area (Å²) in [7, 11) is 0.